The fourth-order valence-electron chi connectivity index (χ4n) is 1.90. The molecule has 0 aliphatic carbocycles. The van der Waals surface area contributed by atoms with Crippen molar-refractivity contribution in [1.29, 1.82) is 0 Å². The van der Waals surface area contributed by atoms with E-state index >= 15 is 0 Å². The fraction of sp³-hybridized carbons (Fsp3) is 0.533. The van der Waals surface area contributed by atoms with Crippen LogP contribution in [0.2, 0.25) is 0 Å². The molecular formula is C15H24N2O. The van der Waals surface area contributed by atoms with Crippen molar-refractivity contribution in [2.75, 3.05) is 13.6 Å². The molecule has 0 saturated heterocycles. The molecule has 18 heavy (non-hydrogen) atoms. The van der Waals surface area contributed by atoms with Gasteiger partial charge in [-0.3, -0.25) is 4.79 Å². The maximum absolute atomic E-state index is 11.9. The third-order valence-electron chi connectivity index (χ3n) is 3.21. The molecule has 0 aliphatic heterocycles. The zero-order valence-electron chi connectivity index (χ0n) is 11.6. The minimum atomic E-state index is 0.0601. The van der Waals surface area contributed by atoms with Gasteiger partial charge in [0.1, 0.15) is 0 Å². The first-order chi connectivity index (χ1) is 8.71. The Morgan fingerprint density at radius 3 is 2.28 bits per heavy atom. The summed E-state index contributed by atoms with van der Waals surface area (Å²) in [6, 6.07) is 8.40. The molecule has 1 aromatic carbocycles. The minimum Gasteiger partial charge on any atom is -0.352 e. The lowest BCUT2D eigenvalue weighted by Crippen LogP contribution is -2.35. The number of hydrogen-bond donors (Lipinski definition) is 2. The number of amides is 1. The third-order valence-corrected chi connectivity index (χ3v) is 3.21. The number of carbonyl (C=O) groups is 1. The summed E-state index contributed by atoms with van der Waals surface area (Å²) < 4.78 is 0. The molecule has 0 saturated carbocycles. The molecule has 1 rings (SSSR count). The Balaban J connectivity index is 2.45. The van der Waals surface area contributed by atoms with Crippen molar-refractivity contribution in [3.8, 4) is 0 Å². The molecule has 0 spiro atoms. The first-order valence-electron chi connectivity index (χ1n) is 6.71. The zero-order valence-corrected chi connectivity index (χ0v) is 11.6. The topological polar surface area (TPSA) is 41.1 Å². The average Bonchev–Trinajstić information content (AvgIpc) is 2.42. The molecule has 100 valence electrons. The predicted molar refractivity (Wildman–Crippen MR) is 75.4 cm³/mol. The molecule has 3 nitrogen and oxygen atoms in total. The summed E-state index contributed by atoms with van der Waals surface area (Å²) in [5, 5.41) is 6.05. The van der Waals surface area contributed by atoms with Crippen LogP contribution in [0.3, 0.4) is 0 Å². The third kappa shape index (κ3) is 4.49. The standard InChI is InChI=1S/C15H24N2O/c1-4-12-6-8-13(9-7-12)10-17-15(18)14(5-2)11-16-3/h6-9,14,16H,4-5,10-11H2,1-3H3,(H,17,18). The minimum absolute atomic E-state index is 0.0601. The van der Waals surface area contributed by atoms with E-state index in [0.717, 1.165) is 24.9 Å². The quantitative estimate of drug-likeness (QED) is 0.776. The molecule has 1 atom stereocenters. The number of benzene rings is 1. The van der Waals surface area contributed by atoms with E-state index in [0.29, 0.717) is 6.54 Å². The molecule has 3 heteroatoms. The van der Waals surface area contributed by atoms with E-state index in [2.05, 4.69) is 41.8 Å². The molecule has 0 bridgehead atoms. The first kappa shape index (κ1) is 14.7. The van der Waals surface area contributed by atoms with E-state index in [1.807, 2.05) is 14.0 Å². The molecule has 1 unspecified atom stereocenters. The Kier molecular flexibility index (Phi) is 6.44. The summed E-state index contributed by atoms with van der Waals surface area (Å²) in [4.78, 5) is 11.9. The van der Waals surface area contributed by atoms with Crippen molar-refractivity contribution >= 4 is 5.91 Å². The average molecular weight is 248 g/mol. The van der Waals surface area contributed by atoms with Gasteiger partial charge in [-0.2, -0.15) is 0 Å². The Labute approximate surface area is 110 Å². The summed E-state index contributed by atoms with van der Waals surface area (Å²) in [7, 11) is 1.87. The molecule has 2 N–H and O–H groups in total. The maximum atomic E-state index is 11.9. The lowest BCUT2D eigenvalue weighted by Gasteiger charge is -2.14. The van der Waals surface area contributed by atoms with E-state index in [4.69, 9.17) is 0 Å². The molecule has 0 heterocycles. The van der Waals surface area contributed by atoms with Gasteiger partial charge in [0.2, 0.25) is 5.91 Å². The van der Waals surface area contributed by atoms with Crippen molar-refractivity contribution < 1.29 is 4.79 Å². The van der Waals surface area contributed by atoms with Gasteiger partial charge in [-0.25, -0.2) is 0 Å². The number of hydrogen-bond acceptors (Lipinski definition) is 2. The van der Waals surface area contributed by atoms with E-state index in [-0.39, 0.29) is 11.8 Å². The van der Waals surface area contributed by atoms with E-state index in [9.17, 15) is 4.79 Å². The van der Waals surface area contributed by atoms with Gasteiger partial charge in [-0.15, -0.1) is 0 Å². The number of aryl methyl sites for hydroxylation is 1. The van der Waals surface area contributed by atoms with Gasteiger partial charge in [0.15, 0.2) is 0 Å². The second-order valence-corrected chi connectivity index (χ2v) is 4.55. The largest absolute Gasteiger partial charge is 0.352 e. The second kappa shape index (κ2) is 7.88. The van der Waals surface area contributed by atoms with Crippen LogP contribution in [0.1, 0.15) is 31.4 Å². The van der Waals surface area contributed by atoms with Crippen LogP contribution in [-0.2, 0) is 17.8 Å². The first-order valence-corrected chi connectivity index (χ1v) is 6.71. The molecule has 1 amide bonds. The summed E-state index contributed by atoms with van der Waals surface area (Å²) in [5.74, 6) is 0.191. The van der Waals surface area contributed by atoms with Gasteiger partial charge in [-0.1, -0.05) is 38.1 Å². The Morgan fingerprint density at radius 2 is 1.78 bits per heavy atom. The van der Waals surface area contributed by atoms with Crippen molar-refractivity contribution in [2.24, 2.45) is 5.92 Å². The maximum Gasteiger partial charge on any atom is 0.224 e. The monoisotopic (exact) mass is 248 g/mol. The highest BCUT2D eigenvalue weighted by atomic mass is 16.1. The molecule has 0 aliphatic rings. The number of nitrogens with one attached hydrogen (secondary N) is 2. The highest BCUT2D eigenvalue weighted by molar-refractivity contribution is 5.78. The van der Waals surface area contributed by atoms with Crippen molar-refractivity contribution in [3.63, 3.8) is 0 Å². The molecule has 0 fully saturated rings. The smallest absolute Gasteiger partial charge is 0.224 e. The summed E-state index contributed by atoms with van der Waals surface area (Å²) in [5.41, 5.74) is 2.48. The van der Waals surface area contributed by atoms with E-state index in [1.165, 1.54) is 5.56 Å². The highest BCUT2D eigenvalue weighted by Crippen LogP contribution is 2.06. The van der Waals surface area contributed by atoms with Crippen molar-refractivity contribution in [3.05, 3.63) is 35.4 Å². The van der Waals surface area contributed by atoms with Crippen LogP contribution in [0, 0.1) is 5.92 Å². The van der Waals surface area contributed by atoms with Crippen LogP contribution < -0.4 is 10.6 Å². The Hall–Kier alpha value is -1.35. The van der Waals surface area contributed by atoms with Gasteiger partial charge in [-0.05, 0) is 31.0 Å². The van der Waals surface area contributed by atoms with Gasteiger partial charge in [0.05, 0.1) is 5.92 Å². The van der Waals surface area contributed by atoms with E-state index in [1.54, 1.807) is 0 Å². The Morgan fingerprint density at radius 1 is 1.17 bits per heavy atom. The van der Waals surface area contributed by atoms with Crippen molar-refractivity contribution in [2.45, 2.75) is 33.2 Å². The molecule has 0 aromatic heterocycles. The molecular weight excluding hydrogens is 224 g/mol. The van der Waals surface area contributed by atoms with Gasteiger partial charge in [0.25, 0.3) is 0 Å². The van der Waals surface area contributed by atoms with Crippen LogP contribution in [0.4, 0.5) is 0 Å². The normalized spacial score (nSPS) is 12.2. The van der Waals surface area contributed by atoms with Crippen molar-refractivity contribution in [1.82, 2.24) is 10.6 Å². The zero-order chi connectivity index (χ0) is 13.4. The van der Waals surface area contributed by atoms with Crippen LogP contribution >= 0.6 is 0 Å². The SMILES string of the molecule is CCc1ccc(CNC(=O)C(CC)CNC)cc1. The van der Waals surface area contributed by atoms with Crippen LogP contribution in [-0.4, -0.2) is 19.5 Å². The summed E-state index contributed by atoms with van der Waals surface area (Å²) >= 11 is 0. The van der Waals surface area contributed by atoms with Gasteiger partial charge >= 0.3 is 0 Å². The molecule has 0 radical (unpaired) electrons. The van der Waals surface area contributed by atoms with E-state index < -0.39 is 0 Å². The number of carbonyl (C=O) groups excluding carboxylic acids is 1. The lowest BCUT2D eigenvalue weighted by molar-refractivity contribution is -0.125. The predicted octanol–water partition coefficient (Wildman–Crippen LogP) is 2.11. The summed E-state index contributed by atoms with van der Waals surface area (Å²) in [6.45, 7) is 5.53. The van der Waals surface area contributed by atoms with Crippen LogP contribution in [0.5, 0.6) is 0 Å². The lowest BCUT2D eigenvalue weighted by atomic mass is 10.1. The summed E-state index contributed by atoms with van der Waals surface area (Å²) in [6.07, 6.45) is 1.91. The molecule has 1 aromatic rings. The van der Waals surface area contributed by atoms with Crippen LogP contribution in [0.25, 0.3) is 0 Å². The van der Waals surface area contributed by atoms with Gasteiger partial charge in [0, 0.05) is 13.1 Å². The number of rotatable bonds is 7. The second-order valence-electron chi connectivity index (χ2n) is 4.55. The fourth-order valence-corrected chi connectivity index (χ4v) is 1.90. The Bertz CT molecular complexity index is 359. The highest BCUT2D eigenvalue weighted by Gasteiger charge is 2.14. The van der Waals surface area contributed by atoms with Gasteiger partial charge < -0.3 is 10.6 Å². The van der Waals surface area contributed by atoms with Crippen LogP contribution in [0.15, 0.2) is 24.3 Å².